The highest BCUT2D eigenvalue weighted by Gasteiger charge is 2.22. The van der Waals surface area contributed by atoms with Gasteiger partial charge in [-0.2, -0.15) is 0 Å². The molecule has 0 aromatic rings. The molecule has 1 aliphatic carbocycles. The van der Waals surface area contributed by atoms with Gasteiger partial charge in [-0.3, -0.25) is 4.79 Å². The molecule has 1 fully saturated rings. The van der Waals surface area contributed by atoms with Gasteiger partial charge in [-0.15, -0.1) is 0 Å². The molecule has 116 valence electrons. The number of nitrogens with one attached hydrogen (secondary N) is 1. The fourth-order valence-electron chi connectivity index (χ4n) is 2.64. The smallest absolute Gasteiger partial charge is 0.317 e. The molecule has 0 saturated heterocycles. The van der Waals surface area contributed by atoms with E-state index in [0.717, 1.165) is 5.92 Å². The summed E-state index contributed by atoms with van der Waals surface area (Å²) in [6.07, 6.45) is 4.85. The molecule has 0 aromatic heterocycles. The SMILES string of the molecule is CCN(CC(C)C(=O)O)C(=O)NCC1CCC(C)CC1. The lowest BCUT2D eigenvalue weighted by molar-refractivity contribution is -0.141. The van der Waals surface area contributed by atoms with Crippen LogP contribution in [0.5, 0.6) is 0 Å². The van der Waals surface area contributed by atoms with E-state index in [-0.39, 0.29) is 12.6 Å². The number of aliphatic carboxylic acids is 1. The Kier molecular flexibility index (Phi) is 6.82. The van der Waals surface area contributed by atoms with Gasteiger partial charge in [0, 0.05) is 19.6 Å². The number of amides is 2. The molecule has 2 N–H and O–H groups in total. The summed E-state index contributed by atoms with van der Waals surface area (Å²) < 4.78 is 0. The molecular formula is C15H28N2O3. The van der Waals surface area contributed by atoms with Crippen molar-refractivity contribution < 1.29 is 14.7 Å². The van der Waals surface area contributed by atoms with E-state index in [4.69, 9.17) is 5.11 Å². The van der Waals surface area contributed by atoms with Crippen molar-refractivity contribution in [2.75, 3.05) is 19.6 Å². The molecule has 0 radical (unpaired) electrons. The van der Waals surface area contributed by atoms with Crippen LogP contribution in [0.15, 0.2) is 0 Å². The van der Waals surface area contributed by atoms with Crippen LogP contribution in [0.1, 0.15) is 46.5 Å². The van der Waals surface area contributed by atoms with Gasteiger partial charge in [0.15, 0.2) is 0 Å². The van der Waals surface area contributed by atoms with Gasteiger partial charge in [0.05, 0.1) is 5.92 Å². The molecule has 0 spiro atoms. The zero-order chi connectivity index (χ0) is 15.1. The lowest BCUT2D eigenvalue weighted by atomic mass is 9.83. The van der Waals surface area contributed by atoms with Crippen molar-refractivity contribution in [1.82, 2.24) is 10.2 Å². The summed E-state index contributed by atoms with van der Waals surface area (Å²) >= 11 is 0. The van der Waals surface area contributed by atoms with Crippen LogP contribution in [0, 0.1) is 17.8 Å². The Morgan fingerprint density at radius 3 is 2.40 bits per heavy atom. The van der Waals surface area contributed by atoms with Crippen LogP contribution in [-0.2, 0) is 4.79 Å². The molecular weight excluding hydrogens is 256 g/mol. The standard InChI is InChI=1S/C15H28N2O3/c1-4-17(10-12(3)14(18)19)15(20)16-9-13-7-5-11(2)6-8-13/h11-13H,4-10H2,1-3H3,(H,16,20)(H,18,19). The maximum atomic E-state index is 12.1. The zero-order valence-corrected chi connectivity index (χ0v) is 12.9. The fraction of sp³-hybridized carbons (Fsp3) is 0.867. The van der Waals surface area contributed by atoms with Gasteiger partial charge in [0.25, 0.3) is 0 Å². The molecule has 0 aromatic carbocycles. The highest BCUT2D eigenvalue weighted by molar-refractivity contribution is 5.75. The Labute approximate surface area is 121 Å². The lowest BCUT2D eigenvalue weighted by Gasteiger charge is -2.28. The van der Waals surface area contributed by atoms with Gasteiger partial charge >= 0.3 is 12.0 Å². The van der Waals surface area contributed by atoms with Gasteiger partial charge in [0.2, 0.25) is 0 Å². The summed E-state index contributed by atoms with van der Waals surface area (Å²) in [5.74, 6) is -0.00925. The third-order valence-electron chi connectivity index (χ3n) is 4.26. The summed E-state index contributed by atoms with van der Waals surface area (Å²) in [5, 5.41) is 11.9. The quantitative estimate of drug-likeness (QED) is 0.787. The number of nitrogens with zero attached hydrogens (tertiary/aromatic N) is 1. The first-order chi connectivity index (χ1) is 9.43. The Morgan fingerprint density at radius 2 is 1.90 bits per heavy atom. The molecule has 1 aliphatic rings. The van der Waals surface area contributed by atoms with Crippen LogP contribution in [0.3, 0.4) is 0 Å². The molecule has 2 amide bonds. The number of rotatable bonds is 6. The van der Waals surface area contributed by atoms with Gasteiger partial charge in [0.1, 0.15) is 0 Å². The summed E-state index contributed by atoms with van der Waals surface area (Å²) in [5.41, 5.74) is 0. The minimum atomic E-state index is -0.863. The number of carbonyl (C=O) groups excluding carboxylic acids is 1. The highest BCUT2D eigenvalue weighted by atomic mass is 16.4. The van der Waals surface area contributed by atoms with Crippen LogP contribution in [0.2, 0.25) is 0 Å². The van der Waals surface area contributed by atoms with Crippen LogP contribution in [0.25, 0.3) is 0 Å². The predicted octanol–water partition coefficient (Wildman–Crippen LogP) is 2.56. The normalized spacial score (nSPS) is 23.9. The monoisotopic (exact) mass is 284 g/mol. The van der Waals surface area contributed by atoms with Crippen LogP contribution in [0.4, 0.5) is 4.79 Å². The summed E-state index contributed by atoms with van der Waals surface area (Å²) in [6, 6.07) is -0.140. The average Bonchev–Trinajstić information content (AvgIpc) is 2.43. The van der Waals surface area contributed by atoms with Gasteiger partial charge < -0.3 is 15.3 Å². The number of carboxylic acid groups (broad SMARTS) is 1. The first kappa shape index (κ1) is 16.8. The second-order valence-electron chi connectivity index (χ2n) is 6.09. The van der Waals surface area contributed by atoms with Gasteiger partial charge in [-0.05, 0) is 31.6 Å². The largest absolute Gasteiger partial charge is 0.481 e. The molecule has 0 bridgehead atoms. The summed E-state index contributed by atoms with van der Waals surface area (Å²) in [6.45, 7) is 7.28. The van der Waals surface area contributed by atoms with E-state index in [0.29, 0.717) is 19.0 Å². The molecule has 1 unspecified atom stereocenters. The second kappa shape index (κ2) is 8.12. The lowest BCUT2D eigenvalue weighted by Crippen LogP contribution is -2.44. The molecule has 20 heavy (non-hydrogen) atoms. The highest BCUT2D eigenvalue weighted by Crippen LogP contribution is 2.27. The van der Waals surface area contributed by atoms with Crippen molar-refractivity contribution in [2.45, 2.75) is 46.5 Å². The number of hydrogen-bond acceptors (Lipinski definition) is 2. The van der Waals surface area contributed by atoms with Gasteiger partial charge in [-0.25, -0.2) is 4.79 Å². The summed E-state index contributed by atoms with van der Waals surface area (Å²) in [4.78, 5) is 24.5. The molecule has 1 saturated carbocycles. The predicted molar refractivity (Wildman–Crippen MR) is 78.6 cm³/mol. The van der Waals surface area contributed by atoms with Crippen molar-refractivity contribution in [3.8, 4) is 0 Å². The number of carboxylic acids is 1. The first-order valence-corrected chi connectivity index (χ1v) is 7.69. The Bertz CT molecular complexity index is 325. The minimum Gasteiger partial charge on any atom is -0.481 e. The Hall–Kier alpha value is -1.26. The molecule has 5 heteroatoms. The van der Waals surface area contributed by atoms with Gasteiger partial charge in [-0.1, -0.05) is 26.7 Å². The van der Waals surface area contributed by atoms with E-state index in [1.165, 1.54) is 25.7 Å². The van der Waals surface area contributed by atoms with E-state index < -0.39 is 11.9 Å². The van der Waals surface area contributed by atoms with Crippen LogP contribution in [-0.4, -0.2) is 41.6 Å². The van der Waals surface area contributed by atoms with Crippen LogP contribution < -0.4 is 5.32 Å². The van der Waals surface area contributed by atoms with Crippen LogP contribution >= 0.6 is 0 Å². The molecule has 1 atom stereocenters. The molecule has 5 nitrogen and oxygen atoms in total. The van der Waals surface area contributed by atoms with Crippen molar-refractivity contribution in [3.05, 3.63) is 0 Å². The van der Waals surface area contributed by atoms with E-state index in [2.05, 4.69) is 12.2 Å². The first-order valence-electron chi connectivity index (χ1n) is 7.69. The summed E-state index contributed by atoms with van der Waals surface area (Å²) in [7, 11) is 0. The average molecular weight is 284 g/mol. The van der Waals surface area contributed by atoms with Crippen molar-refractivity contribution in [3.63, 3.8) is 0 Å². The molecule has 1 rings (SSSR count). The number of carbonyl (C=O) groups is 2. The second-order valence-corrected chi connectivity index (χ2v) is 6.09. The molecule has 0 heterocycles. The van der Waals surface area contributed by atoms with Crippen molar-refractivity contribution in [2.24, 2.45) is 17.8 Å². The minimum absolute atomic E-state index is 0.140. The van der Waals surface area contributed by atoms with E-state index in [9.17, 15) is 9.59 Å². The Morgan fingerprint density at radius 1 is 1.30 bits per heavy atom. The third kappa shape index (κ3) is 5.39. The third-order valence-corrected chi connectivity index (χ3v) is 4.26. The Balaban J connectivity index is 2.34. The number of urea groups is 1. The van der Waals surface area contributed by atoms with Crippen molar-refractivity contribution >= 4 is 12.0 Å². The number of hydrogen-bond donors (Lipinski definition) is 2. The zero-order valence-electron chi connectivity index (χ0n) is 12.9. The van der Waals surface area contributed by atoms with Crippen molar-refractivity contribution in [1.29, 1.82) is 0 Å². The topological polar surface area (TPSA) is 69.6 Å². The van der Waals surface area contributed by atoms with E-state index >= 15 is 0 Å². The van der Waals surface area contributed by atoms with E-state index in [1.54, 1.807) is 11.8 Å². The van der Waals surface area contributed by atoms with E-state index in [1.807, 2.05) is 6.92 Å². The fourth-order valence-corrected chi connectivity index (χ4v) is 2.64. The molecule has 0 aliphatic heterocycles. The maximum Gasteiger partial charge on any atom is 0.317 e. The maximum absolute atomic E-state index is 12.1.